The van der Waals surface area contributed by atoms with Gasteiger partial charge in [0, 0.05) is 0 Å². The maximum Gasteiger partial charge on any atom is 0.310 e. The van der Waals surface area contributed by atoms with Gasteiger partial charge in [0.1, 0.15) is 5.60 Å². The molecule has 0 radical (unpaired) electrons. The molecule has 0 saturated heterocycles. The van der Waals surface area contributed by atoms with Gasteiger partial charge in [0.15, 0.2) is 0 Å². The van der Waals surface area contributed by atoms with Crippen molar-refractivity contribution in [3.8, 4) is 0 Å². The van der Waals surface area contributed by atoms with Gasteiger partial charge in [-0.05, 0) is 45.6 Å². The summed E-state index contributed by atoms with van der Waals surface area (Å²) in [5.41, 5.74) is 2.13. The van der Waals surface area contributed by atoms with E-state index < -0.39 is 0 Å². The molecule has 1 aromatic carbocycles. The zero-order chi connectivity index (χ0) is 12.6. The highest BCUT2D eigenvalue weighted by atomic mass is 16.6. The van der Waals surface area contributed by atoms with Crippen molar-refractivity contribution in [2.45, 2.75) is 45.6 Å². The van der Waals surface area contributed by atoms with Gasteiger partial charge in [-0.2, -0.15) is 0 Å². The Hall–Kier alpha value is -1.31. The standard InChI is InChI=1S/C15H20O2/c1-10-6-5-7-11(8-10)12-9-13(12)14(16)17-15(2,3)4/h5-8,12-13H,9H2,1-4H3. The molecule has 0 bridgehead atoms. The van der Waals surface area contributed by atoms with E-state index in [1.807, 2.05) is 20.8 Å². The minimum absolute atomic E-state index is 0.0518. The summed E-state index contributed by atoms with van der Waals surface area (Å²) < 4.78 is 5.40. The summed E-state index contributed by atoms with van der Waals surface area (Å²) in [7, 11) is 0. The van der Waals surface area contributed by atoms with Crippen LogP contribution in [-0.4, -0.2) is 11.6 Å². The molecule has 0 heterocycles. The van der Waals surface area contributed by atoms with Crippen molar-refractivity contribution in [2.75, 3.05) is 0 Å². The van der Waals surface area contributed by atoms with Gasteiger partial charge < -0.3 is 4.74 Å². The molecule has 1 aromatic rings. The first-order valence-electron chi connectivity index (χ1n) is 6.16. The Morgan fingerprint density at radius 1 is 1.35 bits per heavy atom. The van der Waals surface area contributed by atoms with Gasteiger partial charge in [0.2, 0.25) is 0 Å². The number of rotatable bonds is 2. The molecule has 0 aromatic heterocycles. The third-order valence-electron chi connectivity index (χ3n) is 2.97. The molecule has 2 unspecified atom stereocenters. The van der Waals surface area contributed by atoms with Crippen molar-refractivity contribution in [1.29, 1.82) is 0 Å². The minimum atomic E-state index is -0.378. The fourth-order valence-corrected chi connectivity index (χ4v) is 2.10. The van der Waals surface area contributed by atoms with Crippen LogP contribution in [0.15, 0.2) is 24.3 Å². The average molecular weight is 232 g/mol. The van der Waals surface area contributed by atoms with E-state index in [4.69, 9.17) is 4.74 Å². The molecule has 2 heteroatoms. The van der Waals surface area contributed by atoms with Crippen LogP contribution in [0.5, 0.6) is 0 Å². The molecule has 2 atom stereocenters. The monoisotopic (exact) mass is 232 g/mol. The topological polar surface area (TPSA) is 26.3 Å². The molecule has 0 N–H and O–H groups in total. The molecular formula is C15H20O2. The molecule has 2 nitrogen and oxygen atoms in total. The number of carbonyl (C=O) groups excluding carboxylic acids is 1. The molecule has 1 aliphatic rings. The Bertz CT molecular complexity index is 429. The lowest BCUT2D eigenvalue weighted by Gasteiger charge is -2.19. The molecule has 0 spiro atoms. The third-order valence-corrected chi connectivity index (χ3v) is 2.97. The first-order valence-corrected chi connectivity index (χ1v) is 6.16. The van der Waals surface area contributed by atoms with Crippen LogP contribution in [0, 0.1) is 12.8 Å². The zero-order valence-corrected chi connectivity index (χ0v) is 11.0. The van der Waals surface area contributed by atoms with Gasteiger partial charge in [-0.15, -0.1) is 0 Å². The molecule has 0 aliphatic heterocycles. The number of hydrogen-bond acceptors (Lipinski definition) is 2. The van der Waals surface area contributed by atoms with Gasteiger partial charge in [-0.3, -0.25) is 4.79 Å². The predicted molar refractivity (Wildman–Crippen MR) is 67.9 cm³/mol. The summed E-state index contributed by atoms with van der Waals surface area (Å²) in [6.07, 6.45) is 0.929. The number of esters is 1. The summed E-state index contributed by atoms with van der Waals surface area (Å²) in [5.74, 6) is 0.379. The van der Waals surface area contributed by atoms with Crippen LogP contribution in [0.3, 0.4) is 0 Å². The Morgan fingerprint density at radius 2 is 2.06 bits per heavy atom. The minimum Gasteiger partial charge on any atom is -0.460 e. The highest BCUT2D eigenvalue weighted by Crippen LogP contribution is 2.48. The van der Waals surface area contributed by atoms with Crippen LogP contribution in [0.1, 0.15) is 44.2 Å². The fraction of sp³-hybridized carbons (Fsp3) is 0.533. The van der Waals surface area contributed by atoms with Crippen molar-refractivity contribution < 1.29 is 9.53 Å². The fourth-order valence-electron chi connectivity index (χ4n) is 2.10. The van der Waals surface area contributed by atoms with Crippen LogP contribution in [0.4, 0.5) is 0 Å². The molecule has 1 saturated carbocycles. The molecule has 0 amide bonds. The summed E-state index contributed by atoms with van der Waals surface area (Å²) in [4.78, 5) is 11.9. The lowest BCUT2D eigenvalue weighted by atomic mass is 10.1. The van der Waals surface area contributed by atoms with Crippen molar-refractivity contribution in [2.24, 2.45) is 5.92 Å². The summed E-state index contributed by atoms with van der Waals surface area (Å²) in [6, 6.07) is 8.39. The number of ether oxygens (including phenoxy) is 1. The predicted octanol–water partition coefficient (Wildman–Crippen LogP) is 3.44. The Kier molecular flexibility index (Phi) is 2.98. The van der Waals surface area contributed by atoms with E-state index in [1.165, 1.54) is 11.1 Å². The van der Waals surface area contributed by atoms with E-state index in [0.29, 0.717) is 5.92 Å². The lowest BCUT2D eigenvalue weighted by Crippen LogP contribution is -2.25. The second-order valence-corrected chi connectivity index (χ2v) is 5.90. The molecule has 17 heavy (non-hydrogen) atoms. The van der Waals surface area contributed by atoms with E-state index in [9.17, 15) is 4.79 Å². The summed E-state index contributed by atoms with van der Waals surface area (Å²) >= 11 is 0. The Labute approximate surface area is 103 Å². The number of hydrogen-bond donors (Lipinski definition) is 0. The van der Waals surface area contributed by atoms with Crippen LogP contribution < -0.4 is 0 Å². The van der Waals surface area contributed by atoms with Crippen molar-refractivity contribution >= 4 is 5.97 Å². The van der Waals surface area contributed by atoms with E-state index in [-0.39, 0.29) is 17.5 Å². The van der Waals surface area contributed by atoms with Crippen LogP contribution in [0.2, 0.25) is 0 Å². The maximum atomic E-state index is 11.9. The maximum absolute atomic E-state index is 11.9. The lowest BCUT2D eigenvalue weighted by molar-refractivity contribution is -0.156. The van der Waals surface area contributed by atoms with E-state index in [0.717, 1.165) is 6.42 Å². The number of aryl methyl sites for hydroxylation is 1. The second-order valence-electron chi connectivity index (χ2n) is 5.90. The first kappa shape index (κ1) is 12.2. The van der Waals surface area contributed by atoms with Crippen molar-refractivity contribution in [3.05, 3.63) is 35.4 Å². The summed E-state index contributed by atoms with van der Waals surface area (Å²) in [6.45, 7) is 7.81. The highest BCUT2D eigenvalue weighted by molar-refractivity contribution is 5.77. The van der Waals surface area contributed by atoms with E-state index in [2.05, 4.69) is 31.2 Å². The second kappa shape index (κ2) is 4.17. The smallest absolute Gasteiger partial charge is 0.310 e. The molecule has 2 rings (SSSR count). The van der Waals surface area contributed by atoms with Gasteiger partial charge in [0.25, 0.3) is 0 Å². The molecule has 1 fully saturated rings. The average Bonchev–Trinajstić information content (AvgIpc) is 2.94. The quantitative estimate of drug-likeness (QED) is 0.730. The van der Waals surface area contributed by atoms with Gasteiger partial charge in [-0.1, -0.05) is 29.8 Å². The number of benzene rings is 1. The normalized spacial score (nSPS) is 23.3. The third kappa shape index (κ3) is 3.09. The Morgan fingerprint density at radius 3 is 2.65 bits per heavy atom. The number of carbonyl (C=O) groups is 1. The van der Waals surface area contributed by atoms with Gasteiger partial charge in [-0.25, -0.2) is 0 Å². The SMILES string of the molecule is Cc1cccc(C2CC2C(=O)OC(C)(C)C)c1. The van der Waals surface area contributed by atoms with Crippen LogP contribution >= 0.6 is 0 Å². The highest BCUT2D eigenvalue weighted by Gasteiger charge is 2.46. The van der Waals surface area contributed by atoms with E-state index in [1.54, 1.807) is 0 Å². The van der Waals surface area contributed by atoms with Gasteiger partial charge >= 0.3 is 5.97 Å². The van der Waals surface area contributed by atoms with E-state index >= 15 is 0 Å². The zero-order valence-electron chi connectivity index (χ0n) is 11.0. The van der Waals surface area contributed by atoms with Gasteiger partial charge in [0.05, 0.1) is 5.92 Å². The molecule has 92 valence electrons. The summed E-state index contributed by atoms with van der Waals surface area (Å²) in [5, 5.41) is 0. The van der Waals surface area contributed by atoms with Crippen LogP contribution in [-0.2, 0) is 9.53 Å². The van der Waals surface area contributed by atoms with Crippen molar-refractivity contribution in [1.82, 2.24) is 0 Å². The van der Waals surface area contributed by atoms with Crippen molar-refractivity contribution in [3.63, 3.8) is 0 Å². The molecule has 1 aliphatic carbocycles. The molecular weight excluding hydrogens is 212 g/mol. The Balaban J connectivity index is 1.99. The van der Waals surface area contributed by atoms with Crippen LogP contribution in [0.25, 0.3) is 0 Å². The largest absolute Gasteiger partial charge is 0.460 e. The first-order chi connectivity index (χ1) is 7.87.